The minimum atomic E-state index is -2.23. The van der Waals surface area contributed by atoms with Crippen LogP contribution in [0.25, 0.3) is 0 Å². The van der Waals surface area contributed by atoms with Crippen molar-refractivity contribution in [2.75, 3.05) is 12.4 Å². The van der Waals surface area contributed by atoms with Crippen molar-refractivity contribution in [3.05, 3.63) is 35.9 Å². The largest absolute Gasteiger partial charge is 0.463 e. The number of halogens is 3. The smallest absolute Gasteiger partial charge is 0.303 e. The van der Waals surface area contributed by atoms with Gasteiger partial charge >= 0.3 is 11.9 Å². The number of ether oxygens (including phenoxy) is 4. The van der Waals surface area contributed by atoms with E-state index in [1.165, 1.54) is 25.6 Å². The summed E-state index contributed by atoms with van der Waals surface area (Å²) >= 11 is 18.7. The molecule has 1 aromatic rings. The van der Waals surface area contributed by atoms with Crippen LogP contribution in [0.3, 0.4) is 0 Å². The van der Waals surface area contributed by atoms with Gasteiger partial charge in [-0.15, -0.1) is 11.8 Å². The van der Waals surface area contributed by atoms with Crippen molar-refractivity contribution in [1.29, 1.82) is 0 Å². The van der Waals surface area contributed by atoms with Gasteiger partial charge in [-0.25, -0.2) is 0 Å². The van der Waals surface area contributed by atoms with E-state index >= 15 is 0 Å². The van der Waals surface area contributed by atoms with Crippen LogP contribution in [-0.4, -0.2) is 63.8 Å². The summed E-state index contributed by atoms with van der Waals surface area (Å²) in [5.41, 5.74) is 0.188. The van der Waals surface area contributed by atoms with Crippen molar-refractivity contribution in [2.45, 2.75) is 61.0 Å². The van der Waals surface area contributed by atoms with Crippen LogP contribution < -0.4 is 5.32 Å². The average Bonchev–Trinajstić information content (AvgIpc) is 2.73. The number of thioether (sulfide) groups is 1. The van der Waals surface area contributed by atoms with E-state index in [4.69, 9.17) is 53.8 Å². The fourth-order valence-electron chi connectivity index (χ4n) is 3.23. The zero-order valence-corrected chi connectivity index (χ0v) is 21.4. The highest BCUT2D eigenvalue weighted by atomic mass is 35.6. The van der Waals surface area contributed by atoms with Gasteiger partial charge in [0.15, 0.2) is 6.10 Å². The normalized spacial score (nSPS) is 25.2. The molecule has 0 aliphatic carbocycles. The van der Waals surface area contributed by atoms with E-state index in [1.807, 2.05) is 37.3 Å². The molecule has 0 aromatic heterocycles. The van der Waals surface area contributed by atoms with Crippen LogP contribution in [0.5, 0.6) is 0 Å². The number of nitrogens with one attached hydrogen (secondary N) is 1. The van der Waals surface area contributed by atoms with Gasteiger partial charge in [-0.05, 0) is 11.3 Å². The van der Waals surface area contributed by atoms with Crippen LogP contribution in [-0.2, 0) is 39.9 Å². The number of carbonyl (C=O) groups excluding carboxylic acids is 3. The van der Waals surface area contributed by atoms with Gasteiger partial charge in [-0.3, -0.25) is 14.4 Å². The molecule has 1 heterocycles. The molecule has 1 saturated heterocycles. The van der Waals surface area contributed by atoms with Crippen LogP contribution in [0.2, 0.25) is 0 Å². The first-order valence-electron chi connectivity index (χ1n) is 10.1. The maximum atomic E-state index is 12.5. The number of alkyl halides is 3. The van der Waals surface area contributed by atoms with Gasteiger partial charge in [0.05, 0.1) is 12.6 Å². The van der Waals surface area contributed by atoms with Crippen molar-refractivity contribution in [3.8, 4) is 0 Å². The van der Waals surface area contributed by atoms with Gasteiger partial charge < -0.3 is 24.3 Å². The van der Waals surface area contributed by atoms with Gasteiger partial charge in [0, 0.05) is 13.8 Å². The zero-order valence-electron chi connectivity index (χ0n) is 18.3. The minimum absolute atomic E-state index is 0.146. The number of benzene rings is 1. The summed E-state index contributed by atoms with van der Waals surface area (Å²) in [5.74, 6) is -1.38. The van der Waals surface area contributed by atoms with E-state index in [0.717, 1.165) is 5.56 Å². The predicted molar refractivity (Wildman–Crippen MR) is 126 cm³/mol. The summed E-state index contributed by atoms with van der Waals surface area (Å²) in [5, 5.41) is 2.66. The Morgan fingerprint density at radius 1 is 1.09 bits per heavy atom. The highest BCUT2D eigenvalue weighted by molar-refractivity contribution is 7.99. The molecule has 184 valence electrons. The number of amides is 1. The second kappa shape index (κ2) is 13.0. The Morgan fingerprint density at radius 2 is 1.76 bits per heavy atom. The monoisotopic (exact) mass is 541 g/mol. The first kappa shape index (κ1) is 28.0. The Morgan fingerprint density at radius 3 is 2.30 bits per heavy atom. The van der Waals surface area contributed by atoms with Crippen molar-refractivity contribution >= 4 is 64.4 Å². The number of hydrogen-bond acceptors (Lipinski definition) is 8. The second-order valence-electron chi connectivity index (χ2n) is 7.13. The van der Waals surface area contributed by atoms with Gasteiger partial charge in [-0.2, -0.15) is 0 Å². The molecule has 1 N–H and O–H groups in total. The Hall–Kier alpha value is -1.23. The molecule has 12 heteroatoms. The first-order chi connectivity index (χ1) is 15.5. The topological polar surface area (TPSA) is 100 Å². The lowest BCUT2D eigenvalue weighted by molar-refractivity contribution is -0.212. The van der Waals surface area contributed by atoms with Crippen molar-refractivity contribution < 1.29 is 33.3 Å². The molecule has 0 saturated carbocycles. The van der Waals surface area contributed by atoms with Crippen molar-refractivity contribution in [3.63, 3.8) is 0 Å². The highest BCUT2D eigenvalue weighted by Crippen LogP contribution is 2.34. The SMILES string of the molecule is CCS[C@H]1O[C@H](COC(C)=O)[C@@H](OC(C)=O)[C@@H](OCc2ccccc2)[C@@H]1NC(=O)C(Cl)(Cl)Cl. The highest BCUT2D eigenvalue weighted by Gasteiger charge is 2.51. The zero-order chi connectivity index (χ0) is 24.6. The van der Waals surface area contributed by atoms with Crippen LogP contribution in [0.15, 0.2) is 30.3 Å². The molecular weight excluding hydrogens is 517 g/mol. The maximum absolute atomic E-state index is 12.5. The number of esters is 2. The Kier molecular flexibility index (Phi) is 11.0. The van der Waals surface area contributed by atoms with Crippen LogP contribution in [0.1, 0.15) is 26.3 Å². The molecule has 0 bridgehead atoms. The summed E-state index contributed by atoms with van der Waals surface area (Å²) in [7, 11) is 0. The van der Waals surface area contributed by atoms with Crippen LogP contribution >= 0.6 is 46.6 Å². The lowest BCUT2D eigenvalue weighted by atomic mass is 9.97. The molecule has 0 radical (unpaired) electrons. The quantitative estimate of drug-likeness (QED) is 0.374. The first-order valence-corrected chi connectivity index (χ1v) is 12.3. The van der Waals surface area contributed by atoms with Crippen LogP contribution in [0, 0.1) is 0 Å². The molecule has 1 aliphatic heterocycles. The van der Waals surface area contributed by atoms with E-state index in [9.17, 15) is 14.4 Å². The van der Waals surface area contributed by atoms with Gasteiger partial charge in [0.2, 0.25) is 0 Å². The third kappa shape index (κ3) is 8.81. The Balaban J connectivity index is 2.41. The van der Waals surface area contributed by atoms with E-state index in [0.29, 0.717) is 5.75 Å². The third-order valence-corrected chi connectivity index (χ3v) is 6.15. The summed E-state index contributed by atoms with van der Waals surface area (Å²) in [6, 6.07) is 8.46. The molecule has 33 heavy (non-hydrogen) atoms. The maximum Gasteiger partial charge on any atom is 0.303 e. The van der Waals surface area contributed by atoms with E-state index in [-0.39, 0.29) is 13.2 Å². The van der Waals surface area contributed by atoms with Crippen molar-refractivity contribution in [1.82, 2.24) is 5.32 Å². The molecule has 0 spiro atoms. The lowest BCUT2D eigenvalue weighted by Gasteiger charge is -2.45. The van der Waals surface area contributed by atoms with Gasteiger partial charge in [0.1, 0.15) is 24.3 Å². The van der Waals surface area contributed by atoms with E-state index < -0.39 is 51.4 Å². The lowest BCUT2D eigenvalue weighted by Crippen LogP contribution is -2.66. The standard InChI is InChI=1S/C21H26Cl3NO7S/c1-4-33-19-16(25-20(28)21(22,23)24)18(30-10-14-8-6-5-7-9-14)17(31-13(3)27)15(32-19)11-29-12(2)26/h5-9,15-19H,4,10-11H2,1-3H3,(H,25,28)/t15-,16+,17-,18+,19-/m1/s1. The van der Waals surface area contributed by atoms with Gasteiger partial charge in [-0.1, -0.05) is 72.1 Å². The molecule has 1 fully saturated rings. The molecule has 1 amide bonds. The molecule has 1 aliphatic rings. The summed E-state index contributed by atoms with van der Waals surface area (Å²) in [6.45, 7) is 4.37. The summed E-state index contributed by atoms with van der Waals surface area (Å²) in [6.07, 6.45) is -2.76. The number of carbonyl (C=O) groups is 3. The molecule has 2 rings (SSSR count). The number of rotatable bonds is 9. The fourth-order valence-corrected chi connectivity index (χ4v) is 4.37. The Labute approximate surface area is 211 Å². The summed E-state index contributed by atoms with van der Waals surface area (Å²) < 4.78 is 20.7. The number of hydrogen-bond donors (Lipinski definition) is 1. The van der Waals surface area contributed by atoms with E-state index in [2.05, 4.69) is 5.32 Å². The average molecular weight is 543 g/mol. The summed E-state index contributed by atoms with van der Waals surface area (Å²) in [4.78, 5) is 35.8. The Bertz CT molecular complexity index is 809. The minimum Gasteiger partial charge on any atom is -0.463 e. The molecule has 8 nitrogen and oxygen atoms in total. The fraction of sp³-hybridized carbons (Fsp3) is 0.571. The second-order valence-corrected chi connectivity index (χ2v) is 10.8. The molecule has 1 aromatic carbocycles. The van der Waals surface area contributed by atoms with Crippen molar-refractivity contribution in [2.24, 2.45) is 0 Å². The third-order valence-electron chi connectivity index (χ3n) is 4.57. The molecular formula is C21H26Cl3NO7S. The molecule has 5 atom stereocenters. The predicted octanol–water partition coefficient (Wildman–Crippen LogP) is 3.40. The van der Waals surface area contributed by atoms with Crippen LogP contribution in [0.4, 0.5) is 0 Å². The van der Waals surface area contributed by atoms with E-state index in [1.54, 1.807) is 0 Å². The molecule has 0 unspecified atom stereocenters. The van der Waals surface area contributed by atoms with Gasteiger partial charge in [0.25, 0.3) is 9.70 Å².